The van der Waals surface area contributed by atoms with Gasteiger partial charge in [-0.2, -0.15) is 11.8 Å². The molecule has 3 aromatic rings. The molecule has 5 nitrogen and oxygen atoms in total. The third kappa shape index (κ3) is 3.51. The number of nitrogens with one attached hydrogen (secondary N) is 1. The molecule has 1 heterocycles. The Hall–Kier alpha value is -3.12. The van der Waals surface area contributed by atoms with Crippen LogP contribution in [0.2, 0.25) is 0 Å². The van der Waals surface area contributed by atoms with Gasteiger partial charge in [-0.15, -0.1) is 0 Å². The van der Waals surface area contributed by atoms with E-state index in [4.69, 9.17) is 0 Å². The number of hydrogen-bond donors (Lipinski definition) is 1. The van der Waals surface area contributed by atoms with Crippen LogP contribution in [0.1, 0.15) is 27.1 Å². The van der Waals surface area contributed by atoms with Crippen molar-refractivity contribution in [2.45, 2.75) is 12.5 Å². The van der Waals surface area contributed by atoms with Crippen molar-refractivity contribution in [3.63, 3.8) is 0 Å². The van der Waals surface area contributed by atoms with Crippen LogP contribution < -0.4 is 5.32 Å². The summed E-state index contributed by atoms with van der Waals surface area (Å²) in [6.45, 7) is 0. The number of benzene rings is 3. The van der Waals surface area contributed by atoms with Crippen LogP contribution in [0.15, 0.2) is 66.7 Å². The lowest BCUT2D eigenvalue weighted by Crippen LogP contribution is -2.47. The van der Waals surface area contributed by atoms with E-state index >= 15 is 0 Å². The van der Waals surface area contributed by atoms with Crippen molar-refractivity contribution in [3.05, 3.63) is 77.9 Å². The molecule has 0 radical (unpaired) electrons. The lowest BCUT2D eigenvalue weighted by Gasteiger charge is -2.25. The average molecular weight is 404 g/mol. The van der Waals surface area contributed by atoms with E-state index in [-0.39, 0.29) is 5.91 Å². The van der Waals surface area contributed by atoms with E-state index in [1.807, 2.05) is 48.7 Å². The quantitative estimate of drug-likeness (QED) is 0.626. The fourth-order valence-electron chi connectivity index (χ4n) is 3.65. The Kier molecular flexibility index (Phi) is 5.36. The summed E-state index contributed by atoms with van der Waals surface area (Å²) in [4.78, 5) is 40.1. The molecular formula is C23H20N2O3S. The molecule has 0 fully saturated rings. The molecular weight excluding hydrogens is 384 g/mol. The largest absolute Gasteiger partial charge is 0.324 e. The summed E-state index contributed by atoms with van der Waals surface area (Å²) in [5.41, 5.74) is 1.37. The first-order chi connectivity index (χ1) is 14.1. The molecule has 6 heteroatoms. The van der Waals surface area contributed by atoms with E-state index in [0.29, 0.717) is 29.0 Å². The molecule has 1 aliphatic heterocycles. The van der Waals surface area contributed by atoms with Crippen LogP contribution in [-0.2, 0) is 4.79 Å². The van der Waals surface area contributed by atoms with Crippen molar-refractivity contribution >= 4 is 45.9 Å². The number of carbonyl (C=O) groups excluding carboxylic acids is 3. The molecule has 0 aromatic heterocycles. The van der Waals surface area contributed by atoms with Crippen molar-refractivity contribution < 1.29 is 14.4 Å². The van der Waals surface area contributed by atoms with Crippen molar-refractivity contribution in [1.29, 1.82) is 0 Å². The minimum absolute atomic E-state index is 0.351. The maximum Gasteiger partial charge on any atom is 0.262 e. The first kappa shape index (κ1) is 19.2. The number of rotatable bonds is 6. The smallest absolute Gasteiger partial charge is 0.262 e. The van der Waals surface area contributed by atoms with Gasteiger partial charge in [-0.25, -0.2) is 0 Å². The summed E-state index contributed by atoms with van der Waals surface area (Å²) in [6, 6.07) is 19.3. The van der Waals surface area contributed by atoms with Crippen LogP contribution in [0, 0.1) is 0 Å². The van der Waals surface area contributed by atoms with E-state index in [2.05, 4.69) is 5.32 Å². The zero-order valence-electron chi connectivity index (χ0n) is 15.9. The normalized spacial score (nSPS) is 14.2. The van der Waals surface area contributed by atoms with Gasteiger partial charge in [0.05, 0.1) is 11.1 Å². The van der Waals surface area contributed by atoms with Gasteiger partial charge >= 0.3 is 0 Å². The highest BCUT2D eigenvalue weighted by Gasteiger charge is 2.42. The zero-order chi connectivity index (χ0) is 20.4. The summed E-state index contributed by atoms with van der Waals surface area (Å²) in [5, 5.41) is 4.86. The van der Waals surface area contributed by atoms with Crippen molar-refractivity contribution in [2.24, 2.45) is 0 Å². The third-order valence-electron chi connectivity index (χ3n) is 5.08. The fraction of sp³-hybridized carbons (Fsp3) is 0.174. The van der Waals surface area contributed by atoms with Gasteiger partial charge in [0.25, 0.3) is 11.8 Å². The Balaban J connectivity index is 1.66. The molecule has 1 N–H and O–H groups in total. The van der Waals surface area contributed by atoms with Gasteiger partial charge in [-0.05, 0) is 42.0 Å². The van der Waals surface area contributed by atoms with Crippen LogP contribution in [-0.4, -0.2) is 40.7 Å². The van der Waals surface area contributed by atoms with Gasteiger partial charge in [0.15, 0.2) is 0 Å². The van der Waals surface area contributed by atoms with Crippen molar-refractivity contribution in [2.75, 3.05) is 17.3 Å². The Labute approximate surface area is 173 Å². The molecule has 1 atom stereocenters. The molecule has 1 aliphatic rings. The number of fused-ring (bicyclic) bond motifs is 2. The maximum absolute atomic E-state index is 13.2. The zero-order valence-corrected chi connectivity index (χ0v) is 16.7. The molecule has 0 bridgehead atoms. The number of thioether (sulfide) groups is 1. The van der Waals surface area contributed by atoms with Crippen LogP contribution in [0.5, 0.6) is 0 Å². The van der Waals surface area contributed by atoms with Crippen LogP contribution in [0.25, 0.3) is 10.8 Å². The molecule has 0 aliphatic carbocycles. The number of anilines is 1. The summed E-state index contributed by atoms with van der Waals surface area (Å²) in [7, 11) is 0. The van der Waals surface area contributed by atoms with Crippen molar-refractivity contribution in [3.8, 4) is 0 Å². The highest BCUT2D eigenvalue weighted by Crippen LogP contribution is 2.28. The van der Waals surface area contributed by atoms with Gasteiger partial charge in [0, 0.05) is 11.1 Å². The summed E-state index contributed by atoms with van der Waals surface area (Å²) in [6.07, 6.45) is 2.32. The van der Waals surface area contributed by atoms with Crippen LogP contribution in [0.3, 0.4) is 0 Å². The van der Waals surface area contributed by atoms with E-state index in [1.54, 1.807) is 36.0 Å². The SMILES string of the molecule is CSCCC(C(=O)Nc1cccc2ccccc12)N1C(=O)c2ccccc2C1=O. The number of amides is 3. The third-order valence-corrected chi connectivity index (χ3v) is 5.73. The van der Waals surface area contributed by atoms with E-state index in [1.165, 1.54) is 0 Å². The van der Waals surface area contributed by atoms with E-state index in [0.717, 1.165) is 15.7 Å². The topological polar surface area (TPSA) is 66.5 Å². The summed E-state index contributed by atoms with van der Waals surface area (Å²) in [5.74, 6) is -0.527. The Morgan fingerprint density at radius 1 is 0.931 bits per heavy atom. The summed E-state index contributed by atoms with van der Waals surface area (Å²) < 4.78 is 0. The van der Waals surface area contributed by atoms with E-state index < -0.39 is 17.9 Å². The second-order valence-corrected chi connectivity index (χ2v) is 7.82. The van der Waals surface area contributed by atoms with Crippen LogP contribution in [0.4, 0.5) is 5.69 Å². The second kappa shape index (κ2) is 8.09. The fourth-order valence-corrected chi connectivity index (χ4v) is 4.11. The molecule has 0 saturated carbocycles. The molecule has 29 heavy (non-hydrogen) atoms. The maximum atomic E-state index is 13.2. The molecule has 0 spiro atoms. The Bertz CT molecular complexity index is 1070. The monoisotopic (exact) mass is 404 g/mol. The van der Waals surface area contributed by atoms with E-state index in [9.17, 15) is 14.4 Å². The predicted octanol–water partition coefficient (Wildman–Crippen LogP) is 4.20. The van der Waals surface area contributed by atoms with Gasteiger partial charge in [-0.3, -0.25) is 19.3 Å². The number of hydrogen-bond acceptors (Lipinski definition) is 4. The van der Waals surface area contributed by atoms with Gasteiger partial charge in [0.1, 0.15) is 6.04 Å². The van der Waals surface area contributed by atoms with Crippen molar-refractivity contribution in [1.82, 2.24) is 4.90 Å². The molecule has 3 aromatic carbocycles. The highest BCUT2D eigenvalue weighted by molar-refractivity contribution is 7.98. The average Bonchev–Trinajstić information content (AvgIpc) is 3.00. The minimum atomic E-state index is -0.867. The predicted molar refractivity (Wildman–Crippen MR) is 116 cm³/mol. The number of imide groups is 1. The Morgan fingerprint density at radius 3 is 2.24 bits per heavy atom. The molecule has 3 amide bonds. The molecule has 146 valence electrons. The molecule has 0 saturated heterocycles. The first-order valence-corrected chi connectivity index (χ1v) is 10.8. The number of nitrogens with zero attached hydrogens (tertiary/aromatic N) is 1. The second-order valence-electron chi connectivity index (χ2n) is 6.84. The standard InChI is InChI=1S/C23H20N2O3S/c1-29-14-13-20(25-22(27)17-10-4-5-11-18(17)23(25)28)21(26)24-19-12-6-8-15-7-2-3-9-16(15)19/h2-12,20H,13-14H2,1H3,(H,24,26). The lowest BCUT2D eigenvalue weighted by molar-refractivity contribution is -0.120. The molecule has 4 rings (SSSR count). The Morgan fingerprint density at radius 2 is 1.55 bits per heavy atom. The number of carbonyl (C=O) groups is 3. The van der Waals surface area contributed by atoms with Gasteiger partial charge < -0.3 is 5.32 Å². The first-order valence-electron chi connectivity index (χ1n) is 9.36. The summed E-state index contributed by atoms with van der Waals surface area (Å²) >= 11 is 1.57. The molecule has 1 unspecified atom stereocenters. The highest BCUT2D eigenvalue weighted by atomic mass is 32.2. The minimum Gasteiger partial charge on any atom is -0.324 e. The lowest BCUT2D eigenvalue weighted by atomic mass is 10.1. The van der Waals surface area contributed by atoms with Gasteiger partial charge in [-0.1, -0.05) is 48.5 Å². The van der Waals surface area contributed by atoms with Gasteiger partial charge in [0.2, 0.25) is 5.91 Å². The van der Waals surface area contributed by atoms with Crippen LogP contribution >= 0.6 is 11.8 Å².